The van der Waals surface area contributed by atoms with Crippen molar-refractivity contribution in [2.24, 2.45) is 0 Å². The van der Waals surface area contributed by atoms with E-state index in [2.05, 4.69) is 4.74 Å². The van der Waals surface area contributed by atoms with Gasteiger partial charge >= 0.3 is 6.36 Å². The van der Waals surface area contributed by atoms with Crippen LogP contribution in [0.4, 0.5) is 13.2 Å². The highest BCUT2D eigenvalue weighted by molar-refractivity contribution is 5.98. The lowest BCUT2D eigenvalue weighted by atomic mass is 9.99. The van der Waals surface area contributed by atoms with Crippen molar-refractivity contribution >= 4 is 5.78 Å². The van der Waals surface area contributed by atoms with Crippen molar-refractivity contribution in [2.45, 2.75) is 39.0 Å². The zero-order valence-corrected chi connectivity index (χ0v) is 15.1. The largest absolute Gasteiger partial charge is 0.573 e. The molecule has 1 fully saturated rings. The fourth-order valence-corrected chi connectivity index (χ4v) is 3.01. The third-order valence-electron chi connectivity index (χ3n) is 4.31. The van der Waals surface area contributed by atoms with Crippen molar-refractivity contribution in [1.82, 2.24) is 0 Å². The van der Waals surface area contributed by atoms with Gasteiger partial charge < -0.3 is 14.2 Å². The second-order valence-electron chi connectivity index (χ2n) is 6.50. The van der Waals surface area contributed by atoms with E-state index in [1.54, 1.807) is 0 Å². The van der Waals surface area contributed by atoms with Gasteiger partial charge in [-0.05, 0) is 61.9 Å². The molecule has 1 aliphatic carbocycles. The van der Waals surface area contributed by atoms with E-state index < -0.39 is 12.1 Å². The summed E-state index contributed by atoms with van der Waals surface area (Å²) in [6, 6.07) is 7.35. The van der Waals surface area contributed by atoms with E-state index in [1.165, 1.54) is 20.1 Å². The number of methoxy groups -OCH3 is 1. The van der Waals surface area contributed by atoms with Gasteiger partial charge in [-0.15, -0.1) is 13.2 Å². The summed E-state index contributed by atoms with van der Waals surface area (Å²) in [5.74, 6) is 0.522. The van der Waals surface area contributed by atoms with Gasteiger partial charge in [-0.2, -0.15) is 0 Å². The standard InChI is InChI=1S/C20H19F3O4/c1-11-8-14(13-4-5-13)9-18(19(11)12(2)24)26-16-7-6-15(10-17(16)25-3)27-20(21,22)23/h6-10,13H,4-5H2,1-3H3. The summed E-state index contributed by atoms with van der Waals surface area (Å²) >= 11 is 0. The molecular weight excluding hydrogens is 361 g/mol. The Bertz CT molecular complexity index is 870. The number of halogens is 3. The SMILES string of the molecule is COc1cc(OC(F)(F)F)ccc1Oc1cc(C2CC2)cc(C)c1C(C)=O. The molecule has 0 saturated heterocycles. The number of carbonyl (C=O) groups is 1. The van der Waals surface area contributed by atoms with Gasteiger partial charge in [0.2, 0.25) is 0 Å². The minimum absolute atomic E-state index is 0.0701. The van der Waals surface area contributed by atoms with Crippen molar-refractivity contribution in [1.29, 1.82) is 0 Å². The first-order valence-corrected chi connectivity index (χ1v) is 8.45. The number of Topliss-reactive ketones (excluding diaryl/α,β-unsaturated/α-hetero) is 1. The summed E-state index contributed by atoms with van der Waals surface area (Å²) in [6.07, 6.45) is -2.62. The molecule has 0 atom stereocenters. The fourth-order valence-electron chi connectivity index (χ4n) is 3.01. The van der Waals surface area contributed by atoms with E-state index in [4.69, 9.17) is 9.47 Å². The number of ether oxygens (including phenoxy) is 3. The summed E-state index contributed by atoms with van der Waals surface area (Å²) in [6.45, 7) is 3.29. The molecule has 0 unspecified atom stereocenters. The van der Waals surface area contributed by atoms with Gasteiger partial charge in [-0.25, -0.2) is 0 Å². The van der Waals surface area contributed by atoms with Gasteiger partial charge in [-0.3, -0.25) is 4.79 Å². The second kappa shape index (κ2) is 7.13. The molecule has 144 valence electrons. The van der Waals surface area contributed by atoms with Crippen molar-refractivity contribution in [3.63, 3.8) is 0 Å². The lowest BCUT2D eigenvalue weighted by Gasteiger charge is -2.17. The maximum atomic E-state index is 12.4. The molecule has 0 amide bonds. The van der Waals surface area contributed by atoms with Crippen molar-refractivity contribution in [2.75, 3.05) is 7.11 Å². The monoisotopic (exact) mass is 380 g/mol. The highest BCUT2D eigenvalue weighted by Gasteiger charge is 2.31. The number of aryl methyl sites for hydroxylation is 1. The summed E-state index contributed by atoms with van der Waals surface area (Å²) in [5.41, 5.74) is 2.33. The Morgan fingerprint density at radius 3 is 2.33 bits per heavy atom. The number of hydrogen-bond donors (Lipinski definition) is 0. The Kier molecular flexibility index (Phi) is 5.04. The van der Waals surface area contributed by atoms with Crippen molar-refractivity contribution in [3.8, 4) is 23.0 Å². The van der Waals surface area contributed by atoms with Crippen LogP contribution in [0.15, 0.2) is 30.3 Å². The minimum Gasteiger partial charge on any atom is -0.493 e. The number of hydrogen-bond acceptors (Lipinski definition) is 4. The number of carbonyl (C=O) groups excluding carboxylic acids is 1. The Balaban J connectivity index is 1.97. The minimum atomic E-state index is -4.80. The second-order valence-corrected chi connectivity index (χ2v) is 6.50. The molecule has 0 heterocycles. The molecular formula is C20H19F3O4. The van der Waals surface area contributed by atoms with Crippen LogP contribution in [0.5, 0.6) is 23.0 Å². The van der Waals surface area contributed by atoms with Crippen LogP contribution < -0.4 is 14.2 Å². The molecule has 2 aromatic carbocycles. The smallest absolute Gasteiger partial charge is 0.493 e. The Morgan fingerprint density at radius 2 is 1.78 bits per heavy atom. The maximum Gasteiger partial charge on any atom is 0.573 e. The van der Waals surface area contributed by atoms with Gasteiger partial charge in [0.25, 0.3) is 0 Å². The van der Waals surface area contributed by atoms with E-state index in [9.17, 15) is 18.0 Å². The van der Waals surface area contributed by atoms with Gasteiger partial charge in [-0.1, -0.05) is 6.07 Å². The summed E-state index contributed by atoms with van der Waals surface area (Å²) in [4.78, 5) is 12.1. The Morgan fingerprint density at radius 1 is 1.07 bits per heavy atom. The van der Waals surface area contributed by atoms with Crippen LogP contribution >= 0.6 is 0 Å². The Hall–Kier alpha value is -2.70. The predicted molar refractivity (Wildman–Crippen MR) is 92.9 cm³/mol. The first-order chi connectivity index (χ1) is 12.7. The van der Waals surface area contributed by atoms with Crippen LogP contribution in [0, 0.1) is 6.92 Å². The molecule has 0 spiro atoms. The fraction of sp³-hybridized carbons (Fsp3) is 0.350. The van der Waals surface area contributed by atoms with Crippen LogP contribution in [0.25, 0.3) is 0 Å². The normalized spacial score (nSPS) is 14.0. The molecule has 0 bridgehead atoms. The predicted octanol–water partition coefficient (Wildman–Crippen LogP) is 5.77. The Labute approximate surface area is 154 Å². The first-order valence-electron chi connectivity index (χ1n) is 8.45. The third-order valence-corrected chi connectivity index (χ3v) is 4.31. The van der Waals surface area contributed by atoms with E-state index >= 15 is 0 Å². The van der Waals surface area contributed by atoms with Gasteiger partial charge in [0.15, 0.2) is 17.3 Å². The molecule has 2 aromatic rings. The van der Waals surface area contributed by atoms with Crippen LogP contribution in [-0.2, 0) is 0 Å². The average Bonchev–Trinajstić information content (AvgIpc) is 3.39. The summed E-state index contributed by atoms with van der Waals surface area (Å²) in [5, 5.41) is 0. The number of rotatable bonds is 6. The first kappa shape index (κ1) is 19.1. The van der Waals surface area contributed by atoms with Crippen LogP contribution in [0.2, 0.25) is 0 Å². The summed E-state index contributed by atoms with van der Waals surface area (Å²) in [7, 11) is 1.32. The lowest BCUT2D eigenvalue weighted by Crippen LogP contribution is -2.17. The molecule has 1 saturated carbocycles. The molecule has 4 nitrogen and oxygen atoms in total. The zero-order valence-electron chi connectivity index (χ0n) is 15.1. The van der Waals surface area contributed by atoms with Crippen LogP contribution in [0.3, 0.4) is 0 Å². The van der Waals surface area contributed by atoms with Crippen LogP contribution in [-0.4, -0.2) is 19.3 Å². The molecule has 3 rings (SSSR count). The van der Waals surface area contributed by atoms with Crippen LogP contribution in [0.1, 0.15) is 47.2 Å². The molecule has 0 N–H and O–H groups in total. The molecule has 0 aliphatic heterocycles. The molecule has 0 radical (unpaired) electrons. The lowest BCUT2D eigenvalue weighted by molar-refractivity contribution is -0.274. The average molecular weight is 380 g/mol. The van der Waals surface area contributed by atoms with Gasteiger partial charge in [0.1, 0.15) is 11.5 Å². The summed E-state index contributed by atoms with van der Waals surface area (Å²) < 4.78 is 52.1. The van der Waals surface area contributed by atoms with E-state index in [-0.39, 0.29) is 17.3 Å². The van der Waals surface area contributed by atoms with E-state index in [0.29, 0.717) is 17.2 Å². The van der Waals surface area contributed by atoms with E-state index in [1.807, 2.05) is 19.1 Å². The molecule has 7 heteroatoms. The van der Waals surface area contributed by atoms with Gasteiger partial charge in [0, 0.05) is 6.07 Å². The third kappa shape index (κ3) is 4.53. The number of benzene rings is 2. The maximum absolute atomic E-state index is 12.4. The van der Waals surface area contributed by atoms with Crippen molar-refractivity contribution < 1.29 is 32.2 Å². The molecule has 1 aliphatic rings. The van der Waals surface area contributed by atoms with Gasteiger partial charge in [0.05, 0.1) is 12.7 Å². The number of alkyl halides is 3. The molecule has 27 heavy (non-hydrogen) atoms. The molecule has 0 aromatic heterocycles. The quantitative estimate of drug-likeness (QED) is 0.597. The number of ketones is 1. The highest BCUT2D eigenvalue weighted by Crippen LogP contribution is 2.44. The van der Waals surface area contributed by atoms with E-state index in [0.717, 1.165) is 36.1 Å². The topological polar surface area (TPSA) is 44.8 Å². The zero-order chi connectivity index (χ0) is 19.8. The van der Waals surface area contributed by atoms with Crippen molar-refractivity contribution in [3.05, 3.63) is 47.0 Å². The highest BCUT2D eigenvalue weighted by atomic mass is 19.4.